The highest BCUT2D eigenvalue weighted by Gasteiger charge is 2.31. The van der Waals surface area contributed by atoms with Gasteiger partial charge in [0, 0.05) is 11.8 Å². The van der Waals surface area contributed by atoms with E-state index in [0.29, 0.717) is 11.5 Å². The molecule has 1 heterocycles. The van der Waals surface area contributed by atoms with Crippen molar-refractivity contribution >= 4 is 23.2 Å². The van der Waals surface area contributed by atoms with Crippen LogP contribution in [0.3, 0.4) is 0 Å². The minimum absolute atomic E-state index is 0.0394. The minimum Gasteiger partial charge on any atom is -0.323 e. The zero-order chi connectivity index (χ0) is 18.1. The molecule has 24 heavy (non-hydrogen) atoms. The van der Waals surface area contributed by atoms with Crippen molar-refractivity contribution in [3.8, 4) is 0 Å². The van der Waals surface area contributed by atoms with Crippen molar-refractivity contribution in [2.24, 2.45) is 0 Å². The summed E-state index contributed by atoms with van der Waals surface area (Å²) in [6, 6.07) is 3.86. The number of aromatic nitrogens is 2. The van der Waals surface area contributed by atoms with E-state index in [4.69, 9.17) is 11.6 Å². The standard InChI is InChI=1S/C15H13ClF3N3O2/c1-8-5-14(24)22(9(2)20-8)7-13(23)21-12-6-10(15(17,18)19)3-4-11(12)16/h3-6H,7H2,1-2H3,(H,21,23). The van der Waals surface area contributed by atoms with Gasteiger partial charge in [0.2, 0.25) is 5.91 Å². The lowest BCUT2D eigenvalue weighted by Crippen LogP contribution is -2.30. The summed E-state index contributed by atoms with van der Waals surface area (Å²) in [7, 11) is 0. The van der Waals surface area contributed by atoms with Crippen LogP contribution in [-0.4, -0.2) is 15.5 Å². The van der Waals surface area contributed by atoms with Crippen molar-refractivity contribution < 1.29 is 18.0 Å². The van der Waals surface area contributed by atoms with E-state index in [1.807, 2.05) is 0 Å². The Labute approximate surface area is 140 Å². The fraction of sp³-hybridized carbons (Fsp3) is 0.267. The van der Waals surface area contributed by atoms with Crippen molar-refractivity contribution in [3.63, 3.8) is 0 Å². The molecule has 5 nitrogen and oxygen atoms in total. The quantitative estimate of drug-likeness (QED) is 0.915. The number of hydrogen-bond donors (Lipinski definition) is 1. The Morgan fingerprint density at radius 2 is 1.96 bits per heavy atom. The summed E-state index contributed by atoms with van der Waals surface area (Å²) in [5.74, 6) is -0.364. The lowest BCUT2D eigenvalue weighted by atomic mass is 10.2. The summed E-state index contributed by atoms with van der Waals surface area (Å²) in [6.07, 6.45) is -4.56. The molecule has 0 bridgehead atoms. The van der Waals surface area contributed by atoms with Crippen LogP contribution in [0, 0.1) is 13.8 Å². The van der Waals surface area contributed by atoms with Crippen molar-refractivity contribution in [3.05, 3.63) is 56.7 Å². The molecule has 9 heteroatoms. The molecular formula is C15H13ClF3N3O2. The summed E-state index contributed by atoms with van der Waals surface area (Å²) >= 11 is 5.81. The highest BCUT2D eigenvalue weighted by atomic mass is 35.5. The van der Waals surface area contributed by atoms with Crippen LogP contribution in [0.15, 0.2) is 29.1 Å². The maximum atomic E-state index is 12.7. The molecule has 0 aliphatic carbocycles. The Hall–Kier alpha value is -2.35. The first-order valence-corrected chi connectivity index (χ1v) is 7.17. The van der Waals surface area contributed by atoms with Crippen LogP contribution >= 0.6 is 11.6 Å². The lowest BCUT2D eigenvalue weighted by Gasteiger charge is -2.13. The summed E-state index contributed by atoms with van der Waals surface area (Å²) in [5.41, 5.74) is -1.03. The number of halogens is 4. The first-order valence-electron chi connectivity index (χ1n) is 6.79. The van der Waals surface area contributed by atoms with Crippen LogP contribution in [-0.2, 0) is 17.5 Å². The van der Waals surface area contributed by atoms with Crippen molar-refractivity contribution in [1.29, 1.82) is 0 Å². The molecule has 0 saturated heterocycles. The molecule has 128 valence electrons. The van der Waals surface area contributed by atoms with Gasteiger partial charge in [-0.05, 0) is 32.0 Å². The molecule has 0 fully saturated rings. The van der Waals surface area contributed by atoms with Gasteiger partial charge in [-0.15, -0.1) is 0 Å². The Morgan fingerprint density at radius 3 is 2.54 bits per heavy atom. The van der Waals surface area contributed by atoms with E-state index < -0.39 is 23.2 Å². The molecule has 2 aromatic rings. The van der Waals surface area contributed by atoms with E-state index in [2.05, 4.69) is 10.3 Å². The molecule has 0 aliphatic heterocycles. The molecule has 0 spiro atoms. The molecule has 0 atom stereocenters. The van der Waals surface area contributed by atoms with Crippen LogP contribution in [0.2, 0.25) is 5.02 Å². The second-order valence-corrected chi connectivity index (χ2v) is 5.52. The molecule has 1 aromatic carbocycles. The smallest absolute Gasteiger partial charge is 0.323 e. The van der Waals surface area contributed by atoms with Gasteiger partial charge in [-0.2, -0.15) is 13.2 Å². The van der Waals surface area contributed by atoms with Gasteiger partial charge in [-0.25, -0.2) is 4.98 Å². The maximum Gasteiger partial charge on any atom is 0.416 e. The number of nitrogens with one attached hydrogen (secondary N) is 1. The second-order valence-electron chi connectivity index (χ2n) is 5.11. The number of rotatable bonds is 3. The summed E-state index contributed by atoms with van der Waals surface area (Å²) in [6.45, 7) is 2.81. The van der Waals surface area contributed by atoms with Crippen LogP contribution < -0.4 is 10.9 Å². The number of carbonyl (C=O) groups excluding carboxylic acids is 1. The molecule has 0 radical (unpaired) electrons. The van der Waals surface area contributed by atoms with Gasteiger partial charge in [-0.1, -0.05) is 11.6 Å². The molecular weight excluding hydrogens is 347 g/mol. The Balaban J connectivity index is 2.24. The first kappa shape index (κ1) is 18.0. The van der Waals surface area contributed by atoms with Crippen LogP contribution in [0.25, 0.3) is 0 Å². The first-order chi connectivity index (χ1) is 11.1. The monoisotopic (exact) mass is 359 g/mol. The Kier molecular flexibility index (Phi) is 4.98. The van der Waals surface area contributed by atoms with Gasteiger partial charge in [0.25, 0.3) is 5.56 Å². The maximum absolute atomic E-state index is 12.7. The molecule has 1 amide bonds. The SMILES string of the molecule is Cc1cc(=O)n(CC(=O)Nc2cc(C(F)(F)F)ccc2Cl)c(C)n1. The molecule has 1 N–H and O–H groups in total. The van der Waals surface area contributed by atoms with E-state index in [9.17, 15) is 22.8 Å². The van der Waals surface area contributed by atoms with Gasteiger partial charge >= 0.3 is 6.18 Å². The number of amides is 1. The van der Waals surface area contributed by atoms with E-state index in [0.717, 1.165) is 22.8 Å². The molecule has 1 aromatic heterocycles. The highest BCUT2D eigenvalue weighted by molar-refractivity contribution is 6.33. The fourth-order valence-electron chi connectivity index (χ4n) is 2.09. The fourth-order valence-corrected chi connectivity index (χ4v) is 2.25. The highest BCUT2D eigenvalue weighted by Crippen LogP contribution is 2.33. The third kappa shape index (κ3) is 4.14. The van der Waals surface area contributed by atoms with Crippen LogP contribution in [0.4, 0.5) is 18.9 Å². The third-order valence-corrected chi connectivity index (χ3v) is 3.53. The second kappa shape index (κ2) is 6.64. The van der Waals surface area contributed by atoms with Gasteiger partial charge < -0.3 is 5.32 Å². The van der Waals surface area contributed by atoms with E-state index in [1.165, 1.54) is 6.07 Å². The predicted octanol–water partition coefficient (Wildman–Crippen LogP) is 3.17. The van der Waals surface area contributed by atoms with Crippen molar-refractivity contribution in [1.82, 2.24) is 9.55 Å². The lowest BCUT2D eigenvalue weighted by molar-refractivity contribution is -0.137. The number of nitrogens with zero attached hydrogens (tertiary/aromatic N) is 2. The number of anilines is 1. The average molecular weight is 360 g/mol. The van der Waals surface area contributed by atoms with Gasteiger partial charge in [0.1, 0.15) is 12.4 Å². The molecule has 0 saturated carbocycles. The van der Waals surface area contributed by atoms with Gasteiger partial charge in [0.05, 0.1) is 16.3 Å². The Morgan fingerprint density at radius 1 is 1.29 bits per heavy atom. The number of alkyl halides is 3. The van der Waals surface area contributed by atoms with E-state index in [-0.39, 0.29) is 17.3 Å². The largest absolute Gasteiger partial charge is 0.416 e. The zero-order valence-corrected chi connectivity index (χ0v) is 13.5. The van der Waals surface area contributed by atoms with Gasteiger partial charge in [-0.3, -0.25) is 14.2 Å². The zero-order valence-electron chi connectivity index (χ0n) is 12.7. The molecule has 2 rings (SSSR count). The van der Waals surface area contributed by atoms with Crippen LogP contribution in [0.5, 0.6) is 0 Å². The molecule has 0 aliphatic rings. The normalized spacial score (nSPS) is 11.4. The van der Waals surface area contributed by atoms with Crippen LogP contribution in [0.1, 0.15) is 17.1 Å². The van der Waals surface area contributed by atoms with E-state index in [1.54, 1.807) is 13.8 Å². The number of benzene rings is 1. The summed E-state index contributed by atoms with van der Waals surface area (Å²) in [4.78, 5) is 28.0. The number of aryl methyl sites for hydroxylation is 2. The average Bonchev–Trinajstić information content (AvgIpc) is 2.44. The molecule has 0 unspecified atom stereocenters. The van der Waals surface area contributed by atoms with Gasteiger partial charge in [0.15, 0.2) is 0 Å². The topological polar surface area (TPSA) is 64.0 Å². The number of carbonyl (C=O) groups is 1. The van der Waals surface area contributed by atoms with Crippen molar-refractivity contribution in [2.75, 3.05) is 5.32 Å². The third-order valence-electron chi connectivity index (χ3n) is 3.20. The Bertz CT molecular complexity index is 847. The summed E-state index contributed by atoms with van der Waals surface area (Å²) in [5, 5.41) is 2.24. The van der Waals surface area contributed by atoms with E-state index >= 15 is 0 Å². The van der Waals surface area contributed by atoms with Crippen molar-refractivity contribution in [2.45, 2.75) is 26.6 Å². The predicted molar refractivity (Wildman–Crippen MR) is 83.1 cm³/mol. The summed E-state index contributed by atoms with van der Waals surface area (Å²) < 4.78 is 39.3. The minimum atomic E-state index is -4.56. The number of hydrogen-bond acceptors (Lipinski definition) is 3.